The van der Waals surface area contributed by atoms with Gasteiger partial charge in [0, 0.05) is 7.05 Å². The van der Waals surface area contributed by atoms with E-state index in [0.29, 0.717) is 18.0 Å². The molecule has 0 spiro atoms. The first-order chi connectivity index (χ1) is 13.1. The van der Waals surface area contributed by atoms with Crippen LogP contribution in [0.15, 0.2) is 60.8 Å². The van der Waals surface area contributed by atoms with Crippen molar-refractivity contribution in [3.8, 4) is 17.2 Å². The van der Waals surface area contributed by atoms with Crippen molar-refractivity contribution in [2.75, 3.05) is 27.3 Å². The lowest BCUT2D eigenvalue weighted by atomic mass is 10.3. The lowest BCUT2D eigenvalue weighted by Crippen LogP contribution is -2.31. The summed E-state index contributed by atoms with van der Waals surface area (Å²) in [4.78, 5) is 14.2. The van der Waals surface area contributed by atoms with E-state index >= 15 is 0 Å². The predicted octanol–water partition coefficient (Wildman–Crippen LogP) is 3.17. The van der Waals surface area contributed by atoms with Gasteiger partial charge < -0.3 is 14.4 Å². The SMILES string of the molecule is COc1cn(-c2ccccc2)nc1C(=O)N(C)CCOc1ccc(F)cc1. The number of carbonyl (C=O) groups is 1. The van der Waals surface area contributed by atoms with Gasteiger partial charge in [0.05, 0.1) is 25.5 Å². The lowest BCUT2D eigenvalue weighted by molar-refractivity contribution is 0.0764. The number of likely N-dealkylation sites (N-methyl/N-ethyl adjacent to an activating group) is 1. The Labute approximate surface area is 156 Å². The zero-order valence-electron chi connectivity index (χ0n) is 15.1. The van der Waals surface area contributed by atoms with E-state index in [1.54, 1.807) is 30.1 Å². The van der Waals surface area contributed by atoms with Gasteiger partial charge in [-0.25, -0.2) is 9.07 Å². The van der Waals surface area contributed by atoms with Crippen LogP contribution in [0.1, 0.15) is 10.5 Å². The summed E-state index contributed by atoms with van der Waals surface area (Å²) < 4.78 is 25.3. The van der Waals surface area contributed by atoms with Gasteiger partial charge in [-0.3, -0.25) is 4.79 Å². The van der Waals surface area contributed by atoms with E-state index in [0.717, 1.165) is 5.69 Å². The summed E-state index contributed by atoms with van der Waals surface area (Å²) >= 11 is 0. The van der Waals surface area contributed by atoms with Crippen LogP contribution in [-0.4, -0.2) is 47.9 Å². The van der Waals surface area contributed by atoms with Gasteiger partial charge in [0.2, 0.25) is 0 Å². The highest BCUT2D eigenvalue weighted by Gasteiger charge is 2.21. The number of nitrogens with zero attached hydrogens (tertiary/aromatic N) is 3. The number of aromatic nitrogens is 2. The van der Waals surface area contributed by atoms with E-state index in [9.17, 15) is 9.18 Å². The Morgan fingerprint density at radius 2 is 1.85 bits per heavy atom. The molecule has 0 aliphatic rings. The van der Waals surface area contributed by atoms with Crippen LogP contribution in [-0.2, 0) is 0 Å². The molecule has 0 N–H and O–H groups in total. The number of para-hydroxylation sites is 1. The van der Waals surface area contributed by atoms with Crippen LogP contribution in [0.25, 0.3) is 5.69 Å². The molecule has 0 aliphatic carbocycles. The van der Waals surface area contributed by atoms with Crippen LogP contribution in [0.2, 0.25) is 0 Å². The minimum absolute atomic E-state index is 0.227. The van der Waals surface area contributed by atoms with Gasteiger partial charge in [0.25, 0.3) is 5.91 Å². The summed E-state index contributed by atoms with van der Waals surface area (Å²) in [5.74, 6) is 0.346. The number of hydrogen-bond donors (Lipinski definition) is 0. The maximum absolute atomic E-state index is 12.9. The fourth-order valence-electron chi connectivity index (χ4n) is 2.48. The van der Waals surface area contributed by atoms with E-state index in [2.05, 4.69) is 5.10 Å². The summed E-state index contributed by atoms with van der Waals surface area (Å²) in [7, 11) is 3.16. The summed E-state index contributed by atoms with van der Waals surface area (Å²) in [5, 5.41) is 4.37. The minimum Gasteiger partial charge on any atom is -0.493 e. The van der Waals surface area contributed by atoms with Crippen molar-refractivity contribution in [3.05, 3.63) is 72.3 Å². The van der Waals surface area contributed by atoms with Crippen LogP contribution in [0.5, 0.6) is 11.5 Å². The van der Waals surface area contributed by atoms with E-state index in [1.807, 2.05) is 30.3 Å². The molecule has 2 aromatic carbocycles. The molecule has 0 bridgehead atoms. The van der Waals surface area contributed by atoms with Crippen LogP contribution in [0.4, 0.5) is 4.39 Å². The van der Waals surface area contributed by atoms with E-state index in [1.165, 1.54) is 24.1 Å². The highest BCUT2D eigenvalue weighted by molar-refractivity contribution is 5.94. The third-order valence-electron chi connectivity index (χ3n) is 3.98. The number of methoxy groups -OCH3 is 1. The van der Waals surface area contributed by atoms with Gasteiger partial charge >= 0.3 is 0 Å². The first-order valence-electron chi connectivity index (χ1n) is 8.41. The Bertz CT molecular complexity index is 895. The second kappa shape index (κ2) is 8.35. The number of ether oxygens (including phenoxy) is 2. The van der Waals surface area contributed by atoms with Crippen molar-refractivity contribution < 1.29 is 18.7 Å². The number of carbonyl (C=O) groups excluding carboxylic acids is 1. The number of hydrogen-bond acceptors (Lipinski definition) is 4. The molecule has 1 amide bonds. The quantitative estimate of drug-likeness (QED) is 0.642. The molecule has 0 unspecified atom stereocenters. The van der Waals surface area contributed by atoms with Crippen molar-refractivity contribution in [3.63, 3.8) is 0 Å². The second-order valence-electron chi connectivity index (χ2n) is 5.86. The summed E-state index contributed by atoms with van der Waals surface area (Å²) in [6.07, 6.45) is 1.67. The lowest BCUT2D eigenvalue weighted by Gasteiger charge is -2.16. The van der Waals surface area contributed by atoms with Crippen molar-refractivity contribution in [1.29, 1.82) is 0 Å². The Kier molecular flexibility index (Phi) is 5.71. The highest BCUT2D eigenvalue weighted by atomic mass is 19.1. The highest BCUT2D eigenvalue weighted by Crippen LogP contribution is 2.20. The first-order valence-corrected chi connectivity index (χ1v) is 8.41. The summed E-state index contributed by atoms with van der Waals surface area (Å²) in [6, 6.07) is 15.2. The van der Waals surface area contributed by atoms with Gasteiger partial charge in [-0.15, -0.1) is 0 Å². The zero-order valence-corrected chi connectivity index (χ0v) is 15.1. The van der Waals surface area contributed by atoms with E-state index < -0.39 is 0 Å². The predicted molar refractivity (Wildman–Crippen MR) is 99.0 cm³/mol. The third kappa shape index (κ3) is 4.44. The maximum atomic E-state index is 12.9. The molecule has 0 atom stereocenters. The first kappa shape index (κ1) is 18.4. The minimum atomic E-state index is -0.323. The molecule has 1 aromatic heterocycles. The molecular weight excluding hydrogens is 349 g/mol. The molecule has 0 radical (unpaired) electrons. The molecule has 140 valence electrons. The summed E-state index contributed by atoms with van der Waals surface area (Å²) in [5.41, 5.74) is 1.06. The molecule has 3 aromatic rings. The number of rotatable bonds is 7. The van der Waals surface area contributed by atoms with Gasteiger partial charge in [-0.1, -0.05) is 18.2 Å². The van der Waals surface area contributed by atoms with Crippen molar-refractivity contribution in [2.45, 2.75) is 0 Å². The standard InChI is InChI=1S/C20H20FN3O3/c1-23(12-13-27-17-10-8-15(21)9-11-17)20(25)19-18(26-2)14-24(22-19)16-6-4-3-5-7-16/h3-11,14H,12-13H2,1-2H3. The average molecular weight is 369 g/mol. The van der Waals surface area contributed by atoms with Gasteiger partial charge in [-0.05, 0) is 36.4 Å². The summed E-state index contributed by atoms with van der Waals surface area (Å²) in [6.45, 7) is 0.618. The van der Waals surface area contributed by atoms with E-state index in [-0.39, 0.29) is 24.0 Å². The maximum Gasteiger partial charge on any atom is 0.278 e. The Hall–Kier alpha value is -3.35. The van der Waals surface area contributed by atoms with Crippen molar-refractivity contribution in [2.24, 2.45) is 0 Å². The number of amides is 1. The Morgan fingerprint density at radius 1 is 1.15 bits per heavy atom. The fourth-order valence-corrected chi connectivity index (χ4v) is 2.48. The van der Waals surface area contributed by atoms with Crippen molar-refractivity contribution >= 4 is 5.91 Å². The third-order valence-corrected chi connectivity index (χ3v) is 3.98. The van der Waals surface area contributed by atoms with Crippen LogP contribution in [0, 0.1) is 5.82 Å². The monoisotopic (exact) mass is 369 g/mol. The smallest absolute Gasteiger partial charge is 0.278 e. The van der Waals surface area contributed by atoms with Gasteiger partial charge in [0.15, 0.2) is 11.4 Å². The molecule has 6 nitrogen and oxygen atoms in total. The fraction of sp³-hybridized carbons (Fsp3) is 0.200. The largest absolute Gasteiger partial charge is 0.493 e. The van der Waals surface area contributed by atoms with Crippen molar-refractivity contribution in [1.82, 2.24) is 14.7 Å². The van der Waals surface area contributed by atoms with Crippen LogP contribution < -0.4 is 9.47 Å². The number of benzene rings is 2. The topological polar surface area (TPSA) is 56.6 Å². The normalized spacial score (nSPS) is 10.5. The molecule has 3 rings (SSSR count). The van der Waals surface area contributed by atoms with Gasteiger partial charge in [0.1, 0.15) is 18.2 Å². The average Bonchev–Trinajstić information content (AvgIpc) is 3.14. The molecule has 1 heterocycles. The molecule has 0 saturated heterocycles. The molecule has 0 fully saturated rings. The Balaban J connectivity index is 1.65. The zero-order chi connectivity index (χ0) is 19.2. The number of halogens is 1. The van der Waals surface area contributed by atoms with Crippen LogP contribution in [0.3, 0.4) is 0 Å². The molecule has 0 aliphatic heterocycles. The van der Waals surface area contributed by atoms with Crippen LogP contribution >= 0.6 is 0 Å². The molecule has 7 heteroatoms. The molecule has 27 heavy (non-hydrogen) atoms. The second-order valence-corrected chi connectivity index (χ2v) is 5.86. The Morgan fingerprint density at radius 3 is 2.52 bits per heavy atom. The van der Waals surface area contributed by atoms with Gasteiger partial charge in [-0.2, -0.15) is 5.10 Å². The molecular formula is C20H20FN3O3. The molecule has 0 saturated carbocycles. The van der Waals surface area contributed by atoms with E-state index in [4.69, 9.17) is 9.47 Å².